The minimum atomic E-state index is -1.61. The van der Waals surface area contributed by atoms with Gasteiger partial charge in [0.05, 0.1) is 11.4 Å². The first-order chi connectivity index (χ1) is 13.2. The van der Waals surface area contributed by atoms with Crippen LogP contribution in [0.15, 0.2) is 60.7 Å². The van der Waals surface area contributed by atoms with E-state index in [2.05, 4.69) is 6.92 Å². The molecule has 1 aliphatic rings. The predicted octanol–water partition coefficient (Wildman–Crippen LogP) is 6.34. The molecule has 0 aliphatic carbocycles. The monoisotopic (exact) mass is 460 g/mol. The Balaban J connectivity index is 0.000000500. The lowest BCUT2D eigenvalue weighted by Crippen LogP contribution is -2.41. The van der Waals surface area contributed by atoms with Crippen molar-refractivity contribution in [2.45, 2.75) is 29.4 Å². The molecule has 0 unspecified atom stereocenters. The van der Waals surface area contributed by atoms with E-state index < -0.39 is 9.17 Å². The van der Waals surface area contributed by atoms with Gasteiger partial charge < -0.3 is 0 Å². The topological polar surface area (TPSA) is 40.6 Å². The summed E-state index contributed by atoms with van der Waals surface area (Å²) in [6.45, 7) is 2.06. The number of carbonyl (C=O) groups excluding carboxylic acids is 2. The summed E-state index contributed by atoms with van der Waals surface area (Å²) in [7, 11) is 0. The molecule has 0 atom stereocenters. The van der Waals surface area contributed by atoms with Gasteiger partial charge in [0.25, 0.3) is 15.1 Å². The molecule has 0 bridgehead atoms. The number of hydrogen-bond donors (Lipinski definition) is 0. The zero-order valence-corrected chi connectivity index (χ0v) is 18.2. The average molecular weight is 462 g/mol. The third-order valence-electron chi connectivity index (χ3n) is 4.06. The van der Waals surface area contributed by atoms with Gasteiger partial charge in [-0.15, -0.1) is 0 Å². The molecule has 2 aromatic rings. The maximum Gasteiger partial charge on any atom is 0.266 e. The van der Waals surface area contributed by atoms with Crippen molar-refractivity contribution in [2.75, 3.05) is 10.0 Å². The fraction of sp³-hybridized carbons (Fsp3) is 0.300. The zero-order chi connectivity index (χ0) is 20.7. The van der Waals surface area contributed by atoms with Crippen molar-refractivity contribution in [3.63, 3.8) is 0 Å². The van der Waals surface area contributed by atoms with E-state index in [0.717, 1.165) is 12.8 Å². The Bertz CT molecular complexity index is 718. The number of unbranched alkanes of at least 4 members (excludes halogenated alkanes) is 1. The maximum absolute atomic E-state index is 12.9. The summed E-state index contributed by atoms with van der Waals surface area (Å²) in [6.07, 6.45) is 2.43. The molecule has 3 rings (SSSR count). The lowest BCUT2D eigenvalue weighted by atomic mass is 10.0. The van der Waals surface area contributed by atoms with Gasteiger partial charge in [0.15, 0.2) is 0 Å². The number of carbonyl (C=O) groups is 2. The average Bonchev–Trinajstić information content (AvgIpc) is 2.90. The van der Waals surface area contributed by atoms with Gasteiger partial charge in [-0.05, 0) is 30.7 Å². The lowest BCUT2D eigenvalue weighted by Gasteiger charge is -2.27. The molecular weight excluding hydrogens is 442 g/mol. The lowest BCUT2D eigenvalue weighted by molar-refractivity contribution is -0.127. The molecule has 0 N–H and O–H groups in total. The van der Waals surface area contributed by atoms with Crippen LogP contribution in [0.25, 0.3) is 0 Å². The molecule has 1 heterocycles. The largest absolute Gasteiger partial charge is 0.272 e. The quantitative estimate of drug-likeness (QED) is 0.385. The molecule has 8 heteroatoms. The predicted molar refractivity (Wildman–Crippen MR) is 117 cm³/mol. The summed E-state index contributed by atoms with van der Waals surface area (Å²) in [5.41, 5.74) is 1.43. The Labute approximate surface area is 184 Å². The molecule has 2 aromatic carbocycles. The second kappa shape index (κ2) is 10.4. The normalized spacial score (nSPS) is 14.9. The van der Waals surface area contributed by atoms with Crippen LogP contribution in [0.3, 0.4) is 0 Å². The molecule has 0 radical (unpaired) electrons. The summed E-state index contributed by atoms with van der Waals surface area (Å²) in [5.74, 6) is -0.868. The Kier molecular flexibility index (Phi) is 8.44. The molecule has 28 heavy (non-hydrogen) atoms. The highest BCUT2D eigenvalue weighted by Crippen LogP contribution is 2.33. The van der Waals surface area contributed by atoms with Crippen LogP contribution in [0.5, 0.6) is 0 Å². The van der Waals surface area contributed by atoms with E-state index in [1.165, 1.54) is 10.0 Å². The van der Waals surface area contributed by atoms with Crippen molar-refractivity contribution in [3.8, 4) is 0 Å². The van der Waals surface area contributed by atoms with Crippen molar-refractivity contribution in [1.82, 2.24) is 0 Å². The van der Waals surface area contributed by atoms with Crippen molar-refractivity contribution >= 4 is 69.6 Å². The second-order valence-electron chi connectivity index (χ2n) is 6.09. The number of hydrazine groups is 1. The molecule has 1 aliphatic heterocycles. The van der Waals surface area contributed by atoms with E-state index in [1.807, 2.05) is 60.7 Å². The van der Waals surface area contributed by atoms with Gasteiger partial charge in [-0.1, -0.05) is 103 Å². The minimum Gasteiger partial charge on any atom is -0.272 e. The second-order valence-corrected chi connectivity index (χ2v) is 9.52. The Hall–Kier alpha value is -1.46. The number of para-hydroxylation sites is 2. The van der Waals surface area contributed by atoms with Gasteiger partial charge in [-0.25, -0.2) is 10.0 Å². The first-order valence-electron chi connectivity index (χ1n) is 8.77. The molecule has 1 saturated heterocycles. The molecule has 1 fully saturated rings. The molecule has 0 aromatic heterocycles. The van der Waals surface area contributed by atoms with Crippen molar-refractivity contribution in [3.05, 3.63) is 60.7 Å². The molecular formula is C20H20Cl4N2O2. The van der Waals surface area contributed by atoms with E-state index in [9.17, 15) is 9.59 Å². The fourth-order valence-corrected chi connectivity index (χ4v) is 2.88. The molecule has 0 saturated carbocycles. The highest BCUT2D eigenvalue weighted by atomic mass is 35.6. The van der Waals surface area contributed by atoms with Crippen LogP contribution < -0.4 is 10.0 Å². The van der Waals surface area contributed by atoms with Gasteiger partial charge in [0, 0.05) is 0 Å². The van der Waals surface area contributed by atoms with Gasteiger partial charge in [-0.3, -0.25) is 9.59 Å². The highest BCUT2D eigenvalue weighted by Gasteiger charge is 2.46. The number of rotatable bonds is 5. The summed E-state index contributed by atoms with van der Waals surface area (Å²) < 4.78 is -1.61. The van der Waals surface area contributed by atoms with Crippen molar-refractivity contribution < 1.29 is 9.59 Å². The minimum absolute atomic E-state index is 0.140. The van der Waals surface area contributed by atoms with Crippen molar-refractivity contribution in [2.24, 2.45) is 5.92 Å². The third kappa shape index (κ3) is 6.28. The van der Waals surface area contributed by atoms with Gasteiger partial charge in [0.1, 0.15) is 5.92 Å². The standard InChI is InChI=1S/C19H20N2O2.CCl4/c1-2-3-14-17-18(22)20(15-10-6-4-7-11-15)21(19(17)23)16-12-8-5-9-13-16;2-1(3,4)5/h4-13,17H,2-3,14H2,1H3;. The first kappa shape index (κ1) is 22.8. The molecule has 0 spiro atoms. The number of alkyl halides is 4. The van der Waals surface area contributed by atoms with Crippen LogP contribution in [0.1, 0.15) is 26.2 Å². The number of halogens is 4. The smallest absolute Gasteiger partial charge is 0.266 e. The van der Waals surface area contributed by atoms with Crippen LogP contribution in [-0.2, 0) is 9.59 Å². The number of hydrogen-bond acceptors (Lipinski definition) is 2. The summed E-state index contributed by atoms with van der Waals surface area (Å²) in [5, 5.41) is 3.02. The van der Waals surface area contributed by atoms with Crippen LogP contribution in [0.2, 0.25) is 0 Å². The van der Waals surface area contributed by atoms with Crippen LogP contribution in [-0.4, -0.2) is 15.1 Å². The molecule has 2 amide bonds. The molecule has 150 valence electrons. The number of anilines is 2. The van der Waals surface area contributed by atoms with E-state index in [1.54, 1.807) is 0 Å². The zero-order valence-electron chi connectivity index (χ0n) is 15.2. The van der Waals surface area contributed by atoms with Crippen LogP contribution in [0, 0.1) is 5.92 Å². The van der Waals surface area contributed by atoms with Crippen molar-refractivity contribution in [1.29, 1.82) is 0 Å². The van der Waals surface area contributed by atoms with Crippen LogP contribution >= 0.6 is 46.4 Å². The Morgan fingerprint density at radius 2 is 1.14 bits per heavy atom. The van der Waals surface area contributed by atoms with E-state index in [-0.39, 0.29) is 11.8 Å². The maximum atomic E-state index is 12.9. The number of benzene rings is 2. The van der Waals surface area contributed by atoms with Gasteiger partial charge >= 0.3 is 0 Å². The Morgan fingerprint density at radius 1 is 0.786 bits per heavy atom. The van der Waals surface area contributed by atoms with E-state index >= 15 is 0 Å². The van der Waals surface area contributed by atoms with E-state index in [0.29, 0.717) is 17.8 Å². The van der Waals surface area contributed by atoms with Gasteiger partial charge in [0.2, 0.25) is 0 Å². The van der Waals surface area contributed by atoms with Crippen LogP contribution in [0.4, 0.5) is 11.4 Å². The summed E-state index contributed by atoms with van der Waals surface area (Å²) >= 11 is 19.3. The third-order valence-corrected chi connectivity index (χ3v) is 4.06. The first-order valence-corrected chi connectivity index (χ1v) is 10.3. The van der Waals surface area contributed by atoms with Gasteiger partial charge in [-0.2, -0.15) is 0 Å². The summed E-state index contributed by atoms with van der Waals surface area (Å²) in [4.78, 5) is 25.7. The fourth-order valence-electron chi connectivity index (χ4n) is 2.88. The number of amides is 2. The molecule has 4 nitrogen and oxygen atoms in total. The number of nitrogens with zero attached hydrogens (tertiary/aromatic N) is 2. The SMILES string of the molecule is CCCCC1C(=O)N(c2ccccc2)N(c2ccccc2)C1=O.ClC(Cl)(Cl)Cl. The summed E-state index contributed by atoms with van der Waals surface area (Å²) in [6, 6.07) is 18.7. The Morgan fingerprint density at radius 3 is 1.46 bits per heavy atom. The van der Waals surface area contributed by atoms with E-state index in [4.69, 9.17) is 46.4 Å². The highest BCUT2D eigenvalue weighted by molar-refractivity contribution is 6.83.